The predicted octanol–water partition coefficient (Wildman–Crippen LogP) is 4.07. The Bertz CT molecular complexity index is 540. The molecule has 4 heteroatoms. The van der Waals surface area contributed by atoms with Crippen LogP contribution in [0.15, 0.2) is 48.5 Å². The van der Waals surface area contributed by atoms with Crippen LogP contribution in [0.3, 0.4) is 0 Å². The highest BCUT2D eigenvalue weighted by Gasteiger charge is 2.12. The molecule has 2 aromatic rings. The molecule has 0 spiro atoms. The fraction of sp³-hybridized carbons (Fsp3) is 0.250. The van der Waals surface area contributed by atoms with Gasteiger partial charge in [0.2, 0.25) is 0 Å². The second-order valence-corrected chi connectivity index (χ2v) is 5.51. The van der Waals surface area contributed by atoms with Gasteiger partial charge >= 0.3 is 0 Å². The largest absolute Gasteiger partial charge is 0.497 e. The number of hydrogen-bond donors (Lipinski definition) is 0. The molecule has 2 aromatic carbocycles. The molecule has 3 nitrogen and oxygen atoms in total. The molecule has 106 valence electrons. The van der Waals surface area contributed by atoms with Gasteiger partial charge in [-0.15, -0.1) is 0 Å². The highest BCUT2D eigenvalue weighted by molar-refractivity contribution is 14.1. The van der Waals surface area contributed by atoms with Crippen LogP contribution < -0.4 is 9.47 Å². The Labute approximate surface area is 133 Å². The molecular weight excluding hydrogens is 367 g/mol. The zero-order valence-corrected chi connectivity index (χ0v) is 13.7. The van der Waals surface area contributed by atoms with Crippen LogP contribution in [0.2, 0.25) is 0 Å². The minimum absolute atomic E-state index is 0.121. The maximum Gasteiger partial charge on any atom is 0.119 e. The van der Waals surface area contributed by atoms with Gasteiger partial charge in [-0.1, -0.05) is 12.1 Å². The summed E-state index contributed by atoms with van der Waals surface area (Å²) in [5, 5.41) is 0. The van der Waals surface area contributed by atoms with Crippen LogP contribution in [0, 0.1) is 3.57 Å². The minimum Gasteiger partial charge on any atom is -0.497 e. The molecule has 0 aliphatic rings. The zero-order chi connectivity index (χ0) is 14.4. The van der Waals surface area contributed by atoms with Gasteiger partial charge in [-0.2, -0.15) is 0 Å². The lowest BCUT2D eigenvalue weighted by molar-refractivity contribution is 0.0574. The normalized spacial score (nSPS) is 11.9. The van der Waals surface area contributed by atoms with Crippen molar-refractivity contribution in [3.63, 3.8) is 0 Å². The molecule has 2 rings (SSSR count). The summed E-state index contributed by atoms with van der Waals surface area (Å²) in [6.07, 6.45) is -0.121. The van der Waals surface area contributed by atoms with Gasteiger partial charge in [0.25, 0.3) is 0 Å². The van der Waals surface area contributed by atoms with Gasteiger partial charge in [0.15, 0.2) is 0 Å². The summed E-state index contributed by atoms with van der Waals surface area (Å²) >= 11 is 2.27. The summed E-state index contributed by atoms with van der Waals surface area (Å²) in [4.78, 5) is 0. The van der Waals surface area contributed by atoms with Crippen LogP contribution in [0.5, 0.6) is 11.5 Å². The highest BCUT2D eigenvalue weighted by Crippen LogP contribution is 2.23. The number of ether oxygens (including phenoxy) is 3. The molecule has 0 aliphatic carbocycles. The quantitative estimate of drug-likeness (QED) is 0.703. The van der Waals surface area contributed by atoms with Crippen LogP contribution in [0.1, 0.15) is 11.7 Å². The molecule has 0 aliphatic heterocycles. The van der Waals surface area contributed by atoms with Gasteiger partial charge in [0, 0.05) is 10.7 Å². The highest BCUT2D eigenvalue weighted by atomic mass is 127. The molecule has 0 N–H and O–H groups in total. The first-order valence-electron chi connectivity index (χ1n) is 6.28. The predicted molar refractivity (Wildman–Crippen MR) is 87.4 cm³/mol. The van der Waals surface area contributed by atoms with Crippen molar-refractivity contribution in [3.05, 3.63) is 57.7 Å². The average Bonchev–Trinajstić information content (AvgIpc) is 2.50. The standard InChI is InChI=1S/C16H17IO3/c1-18-15-5-3-4-12(10-15)16(19-2)11-20-14-8-6-13(17)7-9-14/h3-10,16H,11H2,1-2H3. The first-order chi connectivity index (χ1) is 9.72. The fourth-order valence-electron chi connectivity index (χ4n) is 1.84. The van der Waals surface area contributed by atoms with Gasteiger partial charge in [0.1, 0.15) is 24.2 Å². The molecule has 20 heavy (non-hydrogen) atoms. The Kier molecular flexibility index (Phi) is 5.67. The lowest BCUT2D eigenvalue weighted by atomic mass is 10.1. The fourth-order valence-corrected chi connectivity index (χ4v) is 2.20. The third-order valence-corrected chi connectivity index (χ3v) is 3.68. The molecule has 0 bridgehead atoms. The Morgan fingerprint density at radius 3 is 2.40 bits per heavy atom. The van der Waals surface area contributed by atoms with Crippen molar-refractivity contribution < 1.29 is 14.2 Å². The molecule has 0 radical (unpaired) electrons. The van der Waals surface area contributed by atoms with E-state index >= 15 is 0 Å². The van der Waals surface area contributed by atoms with E-state index in [9.17, 15) is 0 Å². The minimum atomic E-state index is -0.121. The van der Waals surface area contributed by atoms with Crippen molar-refractivity contribution in [2.24, 2.45) is 0 Å². The van der Waals surface area contributed by atoms with Crippen molar-refractivity contribution in [3.8, 4) is 11.5 Å². The second kappa shape index (κ2) is 7.50. The van der Waals surface area contributed by atoms with Crippen molar-refractivity contribution in [2.45, 2.75) is 6.10 Å². The third kappa shape index (κ3) is 4.11. The van der Waals surface area contributed by atoms with Crippen LogP contribution in [-0.4, -0.2) is 20.8 Å². The van der Waals surface area contributed by atoms with E-state index in [0.29, 0.717) is 6.61 Å². The maximum atomic E-state index is 5.77. The molecule has 0 aromatic heterocycles. The molecule has 0 amide bonds. The SMILES string of the molecule is COc1cccc(C(COc2ccc(I)cc2)OC)c1. The molecule has 1 atom stereocenters. The Hall–Kier alpha value is -1.27. The second-order valence-electron chi connectivity index (χ2n) is 4.27. The van der Waals surface area contributed by atoms with Crippen molar-refractivity contribution >= 4 is 22.6 Å². The lowest BCUT2D eigenvalue weighted by Gasteiger charge is -2.17. The van der Waals surface area contributed by atoms with E-state index in [2.05, 4.69) is 22.6 Å². The van der Waals surface area contributed by atoms with Gasteiger partial charge < -0.3 is 14.2 Å². The van der Waals surface area contributed by atoms with E-state index in [1.54, 1.807) is 14.2 Å². The van der Waals surface area contributed by atoms with Crippen LogP contribution >= 0.6 is 22.6 Å². The molecule has 1 unspecified atom stereocenters. The van der Waals surface area contributed by atoms with E-state index in [-0.39, 0.29) is 6.10 Å². The third-order valence-electron chi connectivity index (χ3n) is 2.97. The monoisotopic (exact) mass is 384 g/mol. The summed E-state index contributed by atoms with van der Waals surface area (Å²) in [5.74, 6) is 1.66. The molecule has 0 fully saturated rings. The Morgan fingerprint density at radius 2 is 1.75 bits per heavy atom. The van der Waals surface area contributed by atoms with E-state index in [0.717, 1.165) is 17.1 Å². The number of benzene rings is 2. The van der Waals surface area contributed by atoms with Crippen LogP contribution in [-0.2, 0) is 4.74 Å². The van der Waals surface area contributed by atoms with Gasteiger partial charge in [0.05, 0.1) is 7.11 Å². The summed E-state index contributed by atoms with van der Waals surface area (Å²) in [6, 6.07) is 15.8. The molecule has 0 saturated heterocycles. The summed E-state index contributed by atoms with van der Waals surface area (Å²) < 4.78 is 17.7. The van der Waals surface area contributed by atoms with Gasteiger partial charge in [-0.3, -0.25) is 0 Å². The van der Waals surface area contributed by atoms with Gasteiger partial charge in [-0.05, 0) is 64.6 Å². The van der Waals surface area contributed by atoms with Crippen LogP contribution in [0.4, 0.5) is 0 Å². The maximum absolute atomic E-state index is 5.77. The lowest BCUT2D eigenvalue weighted by Crippen LogP contribution is -2.12. The van der Waals surface area contributed by atoms with E-state index in [1.807, 2.05) is 48.5 Å². The summed E-state index contributed by atoms with van der Waals surface area (Å²) in [5.41, 5.74) is 1.04. The van der Waals surface area contributed by atoms with Crippen LogP contribution in [0.25, 0.3) is 0 Å². The molecular formula is C16H17IO3. The van der Waals surface area contributed by atoms with Crippen molar-refractivity contribution in [2.75, 3.05) is 20.8 Å². The smallest absolute Gasteiger partial charge is 0.119 e. The summed E-state index contributed by atoms with van der Waals surface area (Å²) in [7, 11) is 3.34. The van der Waals surface area contributed by atoms with Gasteiger partial charge in [-0.25, -0.2) is 0 Å². The molecule has 0 saturated carbocycles. The number of rotatable bonds is 6. The Balaban J connectivity index is 2.03. The number of methoxy groups -OCH3 is 2. The van der Waals surface area contributed by atoms with E-state index < -0.39 is 0 Å². The first-order valence-corrected chi connectivity index (χ1v) is 7.36. The Morgan fingerprint density at radius 1 is 1.00 bits per heavy atom. The van der Waals surface area contributed by atoms with Crippen molar-refractivity contribution in [1.82, 2.24) is 0 Å². The first kappa shape index (κ1) is 15.1. The van der Waals surface area contributed by atoms with Crippen molar-refractivity contribution in [1.29, 1.82) is 0 Å². The molecule has 0 heterocycles. The zero-order valence-electron chi connectivity index (χ0n) is 11.5. The van der Waals surface area contributed by atoms with E-state index in [4.69, 9.17) is 14.2 Å². The number of hydrogen-bond acceptors (Lipinski definition) is 3. The number of halogens is 1. The summed E-state index contributed by atoms with van der Waals surface area (Å²) in [6.45, 7) is 0.463. The average molecular weight is 384 g/mol. The van der Waals surface area contributed by atoms with E-state index in [1.165, 1.54) is 3.57 Å². The topological polar surface area (TPSA) is 27.7 Å².